The molecule has 1 aromatic carbocycles. The first kappa shape index (κ1) is 14.9. The zero-order valence-electron chi connectivity index (χ0n) is 12.3. The van der Waals surface area contributed by atoms with E-state index in [-0.39, 0.29) is 13.1 Å². The number of nitrogens with one attached hydrogen (secondary N) is 1. The van der Waals surface area contributed by atoms with Gasteiger partial charge in [-0.2, -0.15) is 0 Å². The van der Waals surface area contributed by atoms with Gasteiger partial charge in [0.1, 0.15) is 0 Å². The lowest BCUT2D eigenvalue weighted by Gasteiger charge is -2.14. The molecule has 1 amide bonds. The van der Waals surface area contributed by atoms with Crippen LogP contribution in [-0.2, 0) is 14.3 Å². The Kier molecular flexibility index (Phi) is 4.47. The van der Waals surface area contributed by atoms with Gasteiger partial charge in [-0.3, -0.25) is 4.90 Å². The number of esters is 1. The Balaban J connectivity index is 2.21. The number of aryl methyl sites for hydroxylation is 1. The van der Waals surface area contributed by atoms with Crippen molar-refractivity contribution in [3.05, 3.63) is 41.1 Å². The van der Waals surface area contributed by atoms with Crippen molar-refractivity contribution in [1.82, 2.24) is 4.90 Å². The topological polar surface area (TPSA) is 67.9 Å². The van der Waals surface area contributed by atoms with Crippen molar-refractivity contribution in [2.75, 3.05) is 32.6 Å². The number of hydrogen-bond donors (Lipinski definition) is 1. The van der Waals surface area contributed by atoms with Crippen LogP contribution >= 0.6 is 0 Å². The molecular formula is C15H18N2O4. The van der Waals surface area contributed by atoms with E-state index in [1.54, 1.807) is 0 Å². The van der Waals surface area contributed by atoms with Crippen LogP contribution in [0.1, 0.15) is 5.56 Å². The molecule has 0 saturated carbocycles. The standard InChI is InChI=1S/C15H18N2O4/c1-10-4-6-11(7-5-10)16-13-9-17(15(19)21-3)8-12(13)14(18)20-2/h4-7,16H,8-9H2,1-3H3. The molecule has 0 atom stereocenters. The summed E-state index contributed by atoms with van der Waals surface area (Å²) in [6, 6.07) is 7.76. The molecule has 1 heterocycles. The Labute approximate surface area is 123 Å². The van der Waals surface area contributed by atoms with Crippen molar-refractivity contribution in [3.8, 4) is 0 Å². The van der Waals surface area contributed by atoms with Crippen molar-refractivity contribution in [3.63, 3.8) is 0 Å². The normalized spacial score (nSPS) is 14.1. The van der Waals surface area contributed by atoms with Gasteiger partial charge in [-0.25, -0.2) is 9.59 Å². The molecule has 0 radical (unpaired) electrons. The van der Waals surface area contributed by atoms with E-state index in [4.69, 9.17) is 9.47 Å². The number of carbonyl (C=O) groups excluding carboxylic acids is 2. The lowest BCUT2D eigenvalue weighted by molar-refractivity contribution is -0.136. The summed E-state index contributed by atoms with van der Waals surface area (Å²) in [6.07, 6.45) is -0.475. The number of amides is 1. The molecule has 1 aromatic rings. The maximum absolute atomic E-state index is 11.8. The molecule has 0 aromatic heterocycles. The molecular weight excluding hydrogens is 272 g/mol. The van der Waals surface area contributed by atoms with Gasteiger partial charge in [0.2, 0.25) is 0 Å². The minimum Gasteiger partial charge on any atom is -0.466 e. The molecule has 1 N–H and O–H groups in total. The highest BCUT2D eigenvalue weighted by Gasteiger charge is 2.31. The molecule has 6 heteroatoms. The second-order valence-corrected chi connectivity index (χ2v) is 4.77. The first-order valence-electron chi connectivity index (χ1n) is 6.52. The van der Waals surface area contributed by atoms with E-state index < -0.39 is 12.1 Å². The molecule has 21 heavy (non-hydrogen) atoms. The van der Waals surface area contributed by atoms with E-state index in [0.717, 1.165) is 11.3 Å². The fraction of sp³-hybridized carbons (Fsp3) is 0.333. The van der Waals surface area contributed by atoms with Gasteiger partial charge in [0.25, 0.3) is 0 Å². The van der Waals surface area contributed by atoms with Crippen molar-refractivity contribution in [2.45, 2.75) is 6.92 Å². The molecule has 0 aliphatic carbocycles. The van der Waals surface area contributed by atoms with Crippen LogP contribution in [-0.4, -0.2) is 44.3 Å². The van der Waals surface area contributed by atoms with Crippen molar-refractivity contribution in [1.29, 1.82) is 0 Å². The van der Waals surface area contributed by atoms with Gasteiger partial charge in [-0.1, -0.05) is 17.7 Å². The van der Waals surface area contributed by atoms with Gasteiger partial charge in [0.05, 0.1) is 32.9 Å². The third-order valence-electron chi connectivity index (χ3n) is 3.27. The zero-order chi connectivity index (χ0) is 15.4. The molecule has 1 aliphatic heterocycles. The van der Waals surface area contributed by atoms with Gasteiger partial charge < -0.3 is 14.8 Å². The van der Waals surface area contributed by atoms with Crippen molar-refractivity contribution < 1.29 is 19.1 Å². The third-order valence-corrected chi connectivity index (χ3v) is 3.27. The number of rotatable bonds is 3. The summed E-state index contributed by atoms with van der Waals surface area (Å²) < 4.78 is 9.46. The molecule has 0 unspecified atom stereocenters. The number of carbonyl (C=O) groups is 2. The Morgan fingerprint density at radius 2 is 1.76 bits per heavy atom. The molecule has 0 fully saturated rings. The molecule has 2 rings (SSSR count). The Morgan fingerprint density at radius 1 is 1.10 bits per heavy atom. The predicted octanol–water partition coefficient (Wildman–Crippen LogP) is 1.92. The summed E-state index contributed by atoms with van der Waals surface area (Å²) in [7, 11) is 2.63. The van der Waals surface area contributed by atoms with Gasteiger partial charge in [-0.05, 0) is 19.1 Å². The summed E-state index contributed by atoms with van der Waals surface area (Å²) in [4.78, 5) is 24.9. The van der Waals surface area contributed by atoms with E-state index in [1.807, 2.05) is 31.2 Å². The number of benzene rings is 1. The average Bonchev–Trinajstić information content (AvgIpc) is 2.92. The summed E-state index contributed by atoms with van der Waals surface area (Å²) in [5.41, 5.74) is 3.08. The fourth-order valence-electron chi connectivity index (χ4n) is 2.12. The first-order chi connectivity index (χ1) is 10.0. The molecule has 1 aliphatic rings. The van der Waals surface area contributed by atoms with E-state index >= 15 is 0 Å². The van der Waals surface area contributed by atoms with Crippen LogP contribution in [0.4, 0.5) is 10.5 Å². The predicted molar refractivity (Wildman–Crippen MR) is 77.8 cm³/mol. The van der Waals surface area contributed by atoms with Gasteiger partial charge >= 0.3 is 12.1 Å². The smallest absolute Gasteiger partial charge is 0.410 e. The number of ether oxygens (including phenoxy) is 2. The second kappa shape index (κ2) is 6.30. The van der Waals surface area contributed by atoms with E-state index in [0.29, 0.717) is 11.3 Å². The van der Waals surface area contributed by atoms with Crippen LogP contribution in [0.25, 0.3) is 0 Å². The SMILES string of the molecule is COC(=O)C1=C(Nc2ccc(C)cc2)CN(C(=O)OC)C1. The van der Waals surface area contributed by atoms with Crippen LogP contribution in [0, 0.1) is 6.92 Å². The quantitative estimate of drug-likeness (QED) is 0.861. The Morgan fingerprint density at radius 3 is 2.33 bits per heavy atom. The van der Waals surface area contributed by atoms with Crippen molar-refractivity contribution >= 4 is 17.7 Å². The van der Waals surface area contributed by atoms with Crippen LogP contribution in [0.3, 0.4) is 0 Å². The average molecular weight is 290 g/mol. The summed E-state index contributed by atoms with van der Waals surface area (Å²) in [6.45, 7) is 2.45. The zero-order valence-corrected chi connectivity index (χ0v) is 12.3. The van der Waals surface area contributed by atoms with Crippen LogP contribution < -0.4 is 5.32 Å². The maximum Gasteiger partial charge on any atom is 0.410 e. The molecule has 6 nitrogen and oxygen atoms in total. The van der Waals surface area contributed by atoms with Crippen LogP contribution in [0.5, 0.6) is 0 Å². The lowest BCUT2D eigenvalue weighted by atomic mass is 10.2. The number of hydrogen-bond acceptors (Lipinski definition) is 5. The van der Waals surface area contributed by atoms with E-state index in [1.165, 1.54) is 19.1 Å². The highest BCUT2D eigenvalue weighted by Crippen LogP contribution is 2.22. The first-order valence-corrected chi connectivity index (χ1v) is 6.52. The monoisotopic (exact) mass is 290 g/mol. The maximum atomic E-state index is 11.8. The number of anilines is 1. The van der Waals surface area contributed by atoms with E-state index in [9.17, 15) is 9.59 Å². The van der Waals surface area contributed by atoms with Crippen LogP contribution in [0.15, 0.2) is 35.5 Å². The number of methoxy groups -OCH3 is 2. The molecule has 0 spiro atoms. The van der Waals surface area contributed by atoms with Gasteiger partial charge in [0, 0.05) is 11.4 Å². The summed E-state index contributed by atoms with van der Waals surface area (Å²) >= 11 is 0. The Hall–Kier alpha value is -2.50. The Bertz CT molecular complexity index is 578. The van der Waals surface area contributed by atoms with Gasteiger partial charge in [-0.15, -0.1) is 0 Å². The molecule has 0 bridgehead atoms. The molecule has 112 valence electrons. The summed E-state index contributed by atoms with van der Waals surface area (Å²) in [5.74, 6) is -0.448. The summed E-state index contributed by atoms with van der Waals surface area (Å²) in [5, 5.41) is 3.17. The highest BCUT2D eigenvalue weighted by atomic mass is 16.5. The third kappa shape index (κ3) is 3.34. The minimum absolute atomic E-state index is 0.174. The van der Waals surface area contributed by atoms with Crippen molar-refractivity contribution in [2.24, 2.45) is 0 Å². The number of nitrogens with zero attached hydrogens (tertiary/aromatic N) is 1. The fourth-order valence-corrected chi connectivity index (χ4v) is 2.12. The lowest BCUT2D eigenvalue weighted by Crippen LogP contribution is -2.30. The minimum atomic E-state index is -0.475. The highest BCUT2D eigenvalue weighted by molar-refractivity contribution is 5.92. The second-order valence-electron chi connectivity index (χ2n) is 4.77. The van der Waals surface area contributed by atoms with Crippen LogP contribution in [0.2, 0.25) is 0 Å². The van der Waals surface area contributed by atoms with Gasteiger partial charge in [0.15, 0.2) is 0 Å². The molecule has 0 saturated heterocycles. The van der Waals surface area contributed by atoms with E-state index in [2.05, 4.69) is 5.32 Å². The largest absolute Gasteiger partial charge is 0.466 e.